The number of benzene rings is 1. The molecule has 0 amide bonds. The van der Waals surface area contributed by atoms with Crippen molar-refractivity contribution >= 4 is 0 Å². The molecule has 82 valence electrons. The van der Waals surface area contributed by atoms with Gasteiger partial charge in [0.25, 0.3) is 0 Å². The Morgan fingerprint density at radius 1 is 1.47 bits per heavy atom. The zero-order chi connectivity index (χ0) is 11.1. The molecule has 1 aromatic rings. The maximum absolute atomic E-state index is 13.5. The molecule has 1 fully saturated rings. The van der Waals surface area contributed by atoms with Gasteiger partial charge >= 0.3 is 0 Å². The number of ether oxygens (including phenoxy) is 1. The summed E-state index contributed by atoms with van der Waals surface area (Å²) in [6, 6.07) is 3.33. The first-order valence-electron chi connectivity index (χ1n) is 5.17. The number of rotatable bonds is 3. The minimum absolute atomic E-state index is 0.0279. The zero-order valence-electron chi connectivity index (χ0n) is 9.14. The van der Waals surface area contributed by atoms with E-state index < -0.39 is 0 Å². The number of aryl methyl sites for hydroxylation is 1. The van der Waals surface area contributed by atoms with Crippen LogP contribution in [-0.2, 0) is 5.41 Å². The van der Waals surface area contributed by atoms with Crippen LogP contribution in [0.1, 0.15) is 24.0 Å². The smallest absolute Gasteiger partial charge is 0.126 e. The molecule has 2 rings (SSSR count). The summed E-state index contributed by atoms with van der Waals surface area (Å²) in [4.78, 5) is 0. The molecule has 0 heterocycles. The normalized spacial score (nSPS) is 17.6. The molecule has 0 saturated heterocycles. The first kappa shape index (κ1) is 10.4. The Bertz CT molecular complexity index is 385. The molecule has 2 N–H and O–H groups in total. The van der Waals surface area contributed by atoms with Crippen molar-refractivity contribution in [2.45, 2.75) is 25.2 Å². The summed E-state index contributed by atoms with van der Waals surface area (Å²) in [6.45, 7) is 2.30. The van der Waals surface area contributed by atoms with Crippen molar-refractivity contribution in [3.63, 3.8) is 0 Å². The minimum atomic E-state index is -0.175. The van der Waals surface area contributed by atoms with Crippen LogP contribution in [-0.4, -0.2) is 13.7 Å². The third-order valence-corrected chi connectivity index (χ3v) is 3.30. The van der Waals surface area contributed by atoms with Crippen LogP contribution in [0.25, 0.3) is 0 Å². The van der Waals surface area contributed by atoms with Crippen molar-refractivity contribution in [2.75, 3.05) is 13.7 Å². The van der Waals surface area contributed by atoms with E-state index in [4.69, 9.17) is 10.5 Å². The SMILES string of the molecule is COc1cc(C)c(F)cc1C1(CN)CC1. The van der Waals surface area contributed by atoms with Gasteiger partial charge < -0.3 is 10.5 Å². The molecule has 0 unspecified atom stereocenters. The Hall–Kier alpha value is -1.09. The van der Waals surface area contributed by atoms with E-state index >= 15 is 0 Å². The van der Waals surface area contributed by atoms with Crippen LogP contribution in [0.5, 0.6) is 5.75 Å². The van der Waals surface area contributed by atoms with Gasteiger partial charge in [0.1, 0.15) is 11.6 Å². The van der Waals surface area contributed by atoms with Crippen molar-refractivity contribution in [3.8, 4) is 5.75 Å². The van der Waals surface area contributed by atoms with Gasteiger partial charge in [0, 0.05) is 17.5 Å². The number of methoxy groups -OCH3 is 1. The van der Waals surface area contributed by atoms with Crippen molar-refractivity contribution in [2.24, 2.45) is 5.73 Å². The van der Waals surface area contributed by atoms with Gasteiger partial charge in [0.05, 0.1) is 7.11 Å². The minimum Gasteiger partial charge on any atom is -0.496 e. The van der Waals surface area contributed by atoms with E-state index in [1.165, 1.54) is 0 Å². The van der Waals surface area contributed by atoms with E-state index in [2.05, 4.69) is 0 Å². The summed E-state index contributed by atoms with van der Waals surface area (Å²) in [5, 5.41) is 0. The average Bonchev–Trinajstić information content (AvgIpc) is 3.02. The lowest BCUT2D eigenvalue weighted by atomic mass is 9.94. The fourth-order valence-corrected chi connectivity index (χ4v) is 1.97. The van der Waals surface area contributed by atoms with Gasteiger partial charge in [0.15, 0.2) is 0 Å². The molecular formula is C12H16FNO. The lowest BCUT2D eigenvalue weighted by Crippen LogP contribution is -2.20. The molecule has 0 bridgehead atoms. The average molecular weight is 209 g/mol. The predicted molar refractivity (Wildman–Crippen MR) is 57.7 cm³/mol. The van der Waals surface area contributed by atoms with Crippen LogP contribution < -0.4 is 10.5 Å². The van der Waals surface area contributed by atoms with Crippen LogP contribution in [0.4, 0.5) is 4.39 Å². The second-order valence-corrected chi connectivity index (χ2v) is 4.29. The predicted octanol–water partition coefficient (Wildman–Crippen LogP) is 2.13. The topological polar surface area (TPSA) is 35.2 Å². The van der Waals surface area contributed by atoms with Crippen LogP contribution in [0.2, 0.25) is 0 Å². The zero-order valence-corrected chi connectivity index (χ0v) is 9.14. The maximum Gasteiger partial charge on any atom is 0.126 e. The highest BCUT2D eigenvalue weighted by molar-refractivity contribution is 5.46. The quantitative estimate of drug-likeness (QED) is 0.827. The van der Waals surface area contributed by atoms with Gasteiger partial charge in [0.2, 0.25) is 0 Å². The summed E-state index contributed by atoms with van der Waals surface area (Å²) < 4.78 is 18.8. The molecule has 1 saturated carbocycles. The van der Waals surface area contributed by atoms with E-state index in [0.29, 0.717) is 12.1 Å². The van der Waals surface area contributed by atoms with Gasteiger partial charge in [-0.2, -0.15) is 0 Å². The molecule has 3 heteroatoms. The standard InChI is InChI=1S/C12H16FNO/c1-8-5-11(15-2)9(6-10(8)13)12(7-14)3-4-12/h5-6H,3-4,7,14H2,1-2H3. The molecule has 0 atom stereocenters. The second kappa shape index (κ2) is 3.49. The van der Waals surface area contributed by atoms with Crippen molar-refractivity contribution < 1.29 is 9.13 Å². The maximum atomic E-state index is 13.5. The van der Waals surface area contributed by atoms with E-state index in [1.54, 1.807) is 26.2 Å². The fraction of sp³-hybridized carbons (Fsp3) is 0.500. The fourth-order valence-electron chi connectivity index (χ4n) is 1.97. The number of hydrogen-bond acceptors (Lipinski definition) is 2. The Labute approximate surface area is 89.2 Å². The van der Waals surface area contributed by atoms with E-state index in [0.717, 1.165) is 24.2 Å². The lowest BCUT2D eigenvalue weighted by Gasteiger charge is -2.17. The molecule has 1 aromatic carbocycles. The Kier molecular flexibility index (Phi) is 2.43. The third kappa shape index (κ3) is 1.61. The summed E-state index contributed by atoms with van der Waals surface area (Å²) in [5.41, 5.74) is 7.25. The first-order valence-corrected chi connectivity index (χ1v) is 5.17. The third-order valence-electron chi connectivity index (χ3n) is 3.30. The Balaban J connectivity index is 2.50. The summed E-state index contributed by atoms with van der Waals surface area (Å²) in [7, 11) is 1.61. The highest BCUT2D eigenvalue weighted by Gasteiger charge is 2.45. The molecule has 0 aromatic heterocycles. The van der Waals surface area contributed by atoms with Gasteiger partial charge in [-0.1, -0.05) is 0 Å². The van der Waals surface area contributed by atoms with E-state index in [1.807, 2.05) is 0 Å². The van der Waals surface area contributed by atoms with Crippen LogP contribution in [0.3, 0.4) is 0 Å². The van der Waals surface area contributed by atoms with Gasteiger partial charge in [-0.3, -0.25) is 0 Å². The summed E-state index contributed by atoms with van der Waals surface area (Å²) in [6.07, 6.45) is 2.06. The molecule has 0 aliphatic heterocycles. The Morgan fingerprint density at radius 3 is 2.60 bits per heavy atom. The number of hydrogen-bond donors (Lipinski definition) is 1. The van der Waals surface area contributed by atoms with E-state index in [9.17, 15) is 4.39 Å². The molecule has 0 radical (unpaired) electrons. The van der Waals surface area contributed by atoms with Crippen molar-refractivity contribution in [1.82, 2.24) is 0 Å². The van der Waals surface area contributed by atoms with Gasteiger partial charge in [-0.05, 0) is 37.5 Å². The number of halogens is 1. The van der Waals surface area contributed by atoms with Crippen LogP contribution in [0, 0.1) is 12.7 Å². The molecule has 1 aliphatic rings. The molecule has 1 aliphatic carbocycles. The lowest BCUT2D eigenvalue weighted by molar-refractivity contribution is 0.402. The highest BCUT2D eigenvalue weighted by Crippen LogP contribution is 2.50. The van der Waals surface area contributed by atoms with Crippen LogP contribution in [0.15, 0.2) is 12.1 Å². The van der Waals surface area contributed by atoms with Crippen molar-refractivity contribution in [3.05, 3.63) is 29.1 Å². The molecule has 2 nitrogen and oxygen atoms in total. The largest absolute Gasteiger partial charge is 0.496 e. The monoisotopic (exact) mass is 209 g/mol. The summed E-state index contributed by atoms with van der Waals surface area (Å²) >= 11 is 0. The van der Waals surface area contributed by atoms with E-state index in [-0.39, 0.29) is 11.2 Å². The molecule has 15 heavy (non-hydrogen) atoms. The van der Waals surface area contributed by atoms with Gasteiger partial charge in [-0.15, -0.1) is 0 Å². The van der Waals surface area contributed by atoms with Crippen LogP contribution >= 0.6 is 0 Å². The number of nitrogens with two attached hydrogens (primary N) is 1. The molecule has 0 spiro atoms. The first-order chi connectivity index (χ1) is 7.13. The highest BCUT2D eigenvalue weighted by atomic mass is 19.1. The van der Waals surface area contributed by atoms with Crippen molar-refractivity contribution in [1.29, 1.82) is 0 Å². The van der Waals surface area contributed by atoms with Gasteiger partial charge in [-0.25, -0.2) is 4.39 Å². The molecular weight excluding hydrogens is 193 g/mol. The second-order valence-electron chi connectivity index (χ2n) is 4.29. The summed E-state index contributed by atoms with van der Waals surface area (Å²) in [5.74, 6) is 0.586. The Morgan fingerprint density at radius 2 is 2.13 bits per heavy atom.